The first-order chi connectivity index (χ1) is 6.59. The van der Waals surface area contributed by atoms with E-state index in [0.29, 0.717) is 5.39 Å². The molecule has 0 amide bonds. The van der Waals surface area contributed by atoms with Gasteiger partial charge in [-0.3, -0.25) is 4.68 Å². The van der Waals surface area contributed by atoms with Crippen LogP contribution in [0.25, 0.3) is 10.9 Å². The lowest BCUT2D eigenvalue weighted by Gasteiger charge is -2.00. The van der Waals surface area contributed by atoms with Crippen LogP contribution in [-0.4, -0.2) is 26.9 Å². The Bertz CT molecular complexity index is 483. The molecule has 4 nitrogen and oxygen atoms in total. The number of halogens is 1. The van der Waals surface area contributed by atoms with E-state index in [1.165, 1.54) is 10.7 Å². The van der Waals surface area contributed by atoms with Gasteiger partial charge in [-0.1, -0.05) is 12.1 Å². The van der Waals surface area contributed by atoms with E-state index in [2.05, 4.69) is 5.10 Å². The molecule has 72 valence electrons. The molecule has 0 saturated carbocycles. The second-order valence-electron chi connectivity index (χ2n) is 3.08. The van der Waals surface area contributed by atoms with Gasteiger partial charge in [0.1, 0.15) is 5.52 Å². The molecule has 0 fully saturated rings. The summed E-state index contributed by atoms with van der Waals surface area (Å²) in [6.07, 6.45) is 1.66. The van der Waals surface area contributed by atoms with Crippen molar-refractivity contribution in [3.8, 4) is 0 Å². The van der Waals surface area contributed by atoms with Gasteiger partial charge in [0.25, 0.3) is 0 Å². The van der Waals surface area contributed by atoms with Crippen molar-refractivity contribution in [3.63, 3.8) is 0 Å². The third-order valence-electron chi connectivity index (χ3n) is 2.04. The molecule has 0 saturated heterocycles. The second-order valence-corrected chi connectivity index (χ2v) is 3.08. The molecule has 2 aromatic rings. The highest BCUT2D eigenvalue weighted by Crippen LogP contribution is 2.13. The third kappa shape index (κ3) is 1.28. The van der Waals surface area contributed by atoms with Crippen LogP contribution in [0.4, 0.5) is 4.39 Å². The van der Waals surface area contributed by atoms with Crippen LogP contribution in [-0.2, 0) is 7.05 Å². The van der Waals surface area contributed by atoms with Crippen molar-refractivity contribution < 1.29 is 14.4 Å². The van der Waals surface area contributed by atoms with Crippen LogP contribution in [0.5, 0.6) is 0 Å². The molecule has 0 aliphatic heterocycles. The van der Waals surface area contributed by atoms with Crippen LogP contribution in [0.3, 0.4) is 0 Å². The maximum atomic E-state index is 13.5. The SMILES string of the molecule is Cn1cc2ccc(B(O)O)c(F)c2n1. The van der Waals surface area contributed by atoms with Crippen LogP contribution < -0.4 is 5.46 Å². The smallest absolute Gasteiger partial charge is 0.423 e. The quantitative estimate of drug-likeness (QED) is 0.595. The van der Waals surface area contributed by atoms with Gasteiger partial charge in [-0.2, -0.15) is 5.10 Å². The Morgan fingerprint density at radius 3 is 2.79 bits per heavy atom. The fraction of sp³-hybridized carbons (Fsp3) is 0.125. The Labute approximate surface area is 79.7 Å². The minimum Gasteiger partial charge on any atom is -0.423 e. The molecule has 0 aliphatic rings. The van der Waals surface area contributed by atoms with E-state index < -0.39 is 12.9 Å². The molecule has 0 aliphatic carbocycles. The number of aryl methyl sites for hydroxylation is 1. The van der Waals surface area contributed by atoms with Crippen molar-refractivity contribution in [3.05, 3.63) is 24.1 Å². The van der Waals surface area contributed by atoms with Crippen LogP contribution >= 0.6 is 0 Å². The summed E-state index contributed by atoms with van der Waals surface area (Å²) in [7, 11) is -0.129. The van der Waals surface area contributed by atoms with Crippen molar-refractivity contribution in [2.75, 3.05) is 0 Å². The number of hydrogen-bond acceptors (Lipinski definition) is 3. The lowest BCUT2D eigenvalue weighted by atomic mass is 9.79. The third-order valence-corrected chi connectivity index (χ3v) is 2.04. The van der Waals surface area contributed by atoms with E-state index in [1.807, 2.05) is 0 Å². The lowest BCUT2D eigenvalue weighted by molar-refractivity contribution is 0.423. The molecule has 0 bridgehead atoms. The summed E-state index contributed by atoms with van der Waals surface area (Å²) < 4.78 is 15.0. The van der Waals surface area contributed by atoms with E-state index >= 15 is 0 Å². The fourth-order valence-electron chi connectivity index (χ4n) is 1.39. The number of hydrogen-bond donors (Lipinski definition) is 2. The monoisotopic (exact) mass is 194 g/mol. The predicted octanol–water partition coefficient (Wildman–Crippen LogP) is -0.608. The predicted molar refractivity (Wildman–Crippen MR) is 50.5 cm³/mol. The summed E-state index contributed by atoms with van der Waals surface area (Å²) in [6.45, 7) is 0. The summed E-state index contributed by atoms with van der Waals surface area (Å²) in [5.41, 5.74) is -0.00528. The van der Waals surface area contributed by atoms with Crippen LogP contribution in [0.1, 0.15) is 0 Å². The van der Waals surface area contributed by atoms with E-state index in [4.69, 9.17) is 10.0 Å². The van der Waals surface area contributed by atoms with Gasteiger partial charge in [0.2, 0.25) is 0 Å². The van der Waals surface area contributed by atoms with Crippen molar-refractivity contribution in [1.82, 2.24) is 9.78 Å². The zero-order valence-corrected chi connectivity index (χ0v) is 7.48. The summed E-state index contributed by atoms with van der Waals surface area (Å²) in [5.74, 6) is -0.682. The zero-order valence-electron chi connectivity index (χ0n) is 7.48. The van der Waals surface area contributed by atoms with Gasteiger partial charge >= 0.3 is 7.12 Å². The highest BCUT2D eigenvalue weighted by Gasteiger charge is 2.19. The van der Waals surface area contributed by atoms with Crippen LogP contribution in [0.15, 0.2) is 18.3 Å². The Kier molecular flexibility index (Phi) is 2.01. The molecular weight excluding hydrogens is 186 g/mol. The Balaban J connectivity index is 2.74. The minimum absolute atomic E-state index is 0.151. The van der Waals surface area contributed by atoms with E-state index in [0.717, 1.165) is 0 Å². The molecule has 1 aromatic heterocycles. The molecule has 0 unspecified atom stereocenters. The highest BCUT2D eigenvalue weighted by atomic mass is 19.1. The van der Waals surface area contributed by atoms with Gasteiger partial charge in [-0.15, -0.1) is 0 Å². The maximum absolute atomic E-state index is 13.5. The molecule has 14 heavy (non-hydrogen) atoms. The van der Waals surface area contributed by atoms with Gasteiger partial charge in [0, 0.05) is 24.1 Å². The second kappa shape index (κ2) is 3.07. The molecule has 1 aromatic carbocycles. The Hall–Kier alpha value is -1.40. The van der Waals surface area contributed by atoms with E-state index in [1.54, 1.807) is 19.3 Å². The van der Waals surface area contributed by atoms with Crippen LogP contribution in [0.2, 0.25) is 0 Å². The lowest BCUT2D eigenvalue weighted by Crippen LogP contribution is -2.32. The average Bonchev–Trinajstić information content (AvgIpc) is 2.46. The Morgan fingerprint density at radius 2 is 2.14 bits per heavy atom. The number of nitrogens with zero attached hydrogens (tertiary/aromatic N) is 2. The molecule has 0 spiro atoms. The fourth-order valence-corrected chi connectivity index (χ4v) is 1.39. The zero-order chi connectivity index (χ0) is 10.3. The van der Waals surface area contributed by atoms with E-state index in [9.17, 15) is 4.39 Å². The van der Waals surface area contributed by atoms with Gasteiger partial charge in [-0.05, 0) is 0 Å². The maximum Gasteiger partial charge on any atom is 0.491 e. The largest absolute Gasteiger partial charge is 0.491 e. The number of fused-ring (bicyclic) bond motifs is 1. The van der Waals surface area contributed by atoms with Crippen LogP contribution in [0, 0.1) is 5.82 Å². The van der Waals surface area contributed by atoms with Gasteiger partial charge < -0.3 is 10.0 Å². The van der Waals surface area contributed by atoms with Crippen molar-refractivity contribution in [1.29, 1.82) is 0 Å². The normalized spacial score (nSPS) is 10.9. The molecule has 0 radical (unpaired) electrons. The molecule has 2 rings (SSSR count). The molecule has 1 heterocycles. The molecule has 0 atom stereocenters. The van der Waals surface area contributed by atoms with Gasteiger partial charge in [-0.25, -0.2) is 4.39 Å². The van der Waals surface area contributed by atoms with Crippen molar-refractivity contribution in [2.24, 2.45) is 7.05 Å². The highest BCUT2D eigenvalue weighted by molar-refractivity contribution is 6.59. The van der Waals surface area contributed by atoms with Crippen molar-refractivity contribution in [2.45, 2.75) is 0 Å². The van der Waals surface area contributed by atoms with Gasteiger partial charge in [0.05, 0.1) is 0 Å². The number of aromatic nitrogens is 2. The summed E-state index contributed by atoms with van der Waals surface area (Å²) in [5, 5.41) is 22.2. The average molecular weight is 194 g/mol. The van der Waals surface area contributed by atoms with Gasteiger partial charge in [0.15, 0.2) is 5.82 Å². The first kappa shape index (κ1) is 9.17. The minimum atomic E-state index is -1.80. The number of benzene rings is 1. The molecular formula is C8H8BFN2O2. The van der Waals surface area contributed by atoms with Crippen molar-refractivity contribution >= 4 is 23.5 Å². The molecule has 6 heteroatoms. The molecule has 2 N–H and O–H groups in total. The summed E-state index contributed by atoms with van der Waals surface area (Å²) in [4.78, 5) is 0. The first-order valence-corrected chi connectivity index (χ1v) is 4.07. The number of rotatable bonds is 1. The first-order valence-electron chi connectivity index (χ1n) is 4.07. The standard InChI is InChI=1S/C8H8BFN2O2/c1-12-4-5-2-3-6(9(13)14)7(10)8(5)11-12/h2-4,13-14H,1H3. The Morgan fingerprint density at radius 1 is 1.43 bits per heavy atom. The van der Waals surface area contributed by atoms with E-state index in [-0.39, 0.29) is 11.0 Å². The summed E-state index contributed by atoms with van der Waals surface area (Å²) in [6, 6.07) is 2.93. The topological polar surface area (TPSA) is 58.3 Å². The summed E-state index contributed by atoms with van der Waals surface area (Å²) >= 11 is 0.